The molecule has 4 rings (SSSR count). The first-order chi connectivity index (χ1) is 11.2. The van der Waals surface area contributed by atoms with Crippen molar-refractivity contribution in [3.05, 3.63) is 35.9 Å². The number of nitrogens with zero attached hydrogens (tertiary/aromatic N) is 2. The van der Waals surface area contributed by atoms with Gasteiger partial charge in [0.25, 0.3) is 0 Å². The fourth-order valence-electron chi connectivity index (χ4n) is 4.50. The van der Waals surface area contributed by atoms with Crippen LogP contribution in [0, 0.1) is 11.8 Å². The average molecular weight is 312 g/mol. The number of piperidine rings is 2. The van der Waals surface area contributed by atoms with Gasteiger partial charge < -0.3 is 9.80 Å². The van der Waals surface area contributed by atoms with E-state index in [-0.39, 0.29) is 11.8 Å². The number of rotatable bonds is 3. The van der Waals surface area contributed by atoms with Crippen molar-refractivity contribution in [2.24, 2.45) is 11.8 Å². The molecule has 2 amide bonds. The zero-order chi connectivity index (χ0) is 15.8. The number of carbonyl (C=O) groups excluding carboxylic acids is 2. The number of fused-ring (bicyclic) bond motifs is 2. The molecule has 2 bridgehead atoms. The third-order valence-corrected chi connectivity index (χ3v) is 5.76. The van der Waals surface area contributed by atoms with Crippen molar-refractivity contribution in [3.63, 3.8) is 0 Å². The van der Waals surface area contributed by atoms with Gasteiger partial charge in [-0.2, -0.15) is 0 Å². The summed E-state index contributed by atoms with van der Waals surface area (Å²) in [6.45, 7) is 2.16. The second-order valence-corrected chi connectivity index (χ2v) is 7.32. The molecule has 0 unspecified atom stereocenters. The summed E-state index contributed by atoms with van der Waals surface area (Å²) in [5, 5.41) is 0. The molecule has 4 heteroatoms. The Balaban J connectivity index is 1.42. The van der Waals surface area contributed by atoms with Gasteiger partial charge in [0.1, 0.15) is 0 Å². The van der Waals surface area contributed by atoms with Gasteiger partial charge in [-0.25, -0.2) is 0 Å². The molecule has 1 aromatic rings. The minimum Gasteiger partial charge on any atom is -0.339 e. The molecule has 3 atom stereocenters. The van der Waals surface area contributed by atoms with E-state index in [1.54, 1.807) is 0 Å². The summed E-state index contributed by atoms with van der Waals surface area (Å²) < 4.78 is 0. The lowest BCUT2D eigenvalue weighted by molar-refractivity contribution is -0.144. The number of likely N-dealkylation sites (tertiary alicyclic amines) is 2. The molecule has 2 saturated heterocycles. The third-order valence-electron chi connectivity index (χ3n) is 5.76. The molecule has 23 heavy (non-hydrogen) atoms. The number of amides is 2. The standard InChI is InChI=1S/C19H24N2O2/c22-18-9-7-16(13-20(18)11-14-4-2-1-3-5-14)19(23)21-12-15-6-8-17(21)10-15/h1-5,15-17H,6-13H2/t15-,16-,17-/m0/s1. The van der Waals surface area contributed by atoms with Crippen LogP contribution in [0.3, 0.4) is 0 Å². The lowest BCUT2D eigenvalue weighted by atomic mass is 9.94. The zero-order valence-electron chi connectivity index (χ0n) is 13.5. The molecule has 3 aliphatic rings. The molecule has 2 heterocycles. The van der Waals surface area contributed by atoms with Crippen LogP contribution in [0.5, 0.6) is 0 Å². The van der Waals surface area contributed by atoms with E-state index < -0.39 is 0 Å². The van der Waals surface area contributed by atoms with Gasteiger partial charge in [0.15, 0.2) is 0 Å². The summed E-state index contributed by atoms with van der Waals surface area (Å²) >= 11 is 0. The van der Waals surface area contributed by atoms with E-state index in [9.17, 15) is 9.59 Å². The predicted octanol–water partition coefficient (Wildman–Crippen LogP) is 2.44. The maximum atomic E-state index is 12.9. The van der Waals surface area contributed by atoms with Crippen LogP contribution < -0.4 is 0 Å². The molecule has 4 nitrogen and oxygen atoms in total. The van der Waals surface area contributed by atoms with Crippen molar-refractivity contribution >= 4 is 11.8 Å². The quantitative estimate of drug-likeness (QED) is 0.860. The van der Waals surface area contributed by atoms with E-state index >= 15 is 0 Å². The molecule has 1 aliphatic carbocycles. The highest BCUT2D eigenvalue weighted by Gasteiger charge is 2.43. The summed E-state index contributed by atoms with van der Waals surface area (Å²) in [6.07, 6.45) is 4.89. The van der Waals surface area contributed by atoms with Crippen LogP contribution in [-0.2, 0) is 16.1 Å². The maximum Gasteiger partial charge on any atom is 0.227 e. The van der Waals surface area contributed by atoms with Crippen LogP contribution in [0.15, 0.2) is 30.3 Å². The van der Waals surface area contributed by atoms with Gasteiger partial charge in [-0.05, 0) is 37.2 Å². The molecule has 2 aliphatic heterocycles. The Kier molecular flexibility index (Phi) is 3.83. The van der Waals surface area contributed by atoms with Crippen LogP contribution >= 0.6 is 0 Å². The minimum absolute atomic E-state index is 0.00392. The number of hydrogen-bond acceptors (Lipinski definition) is 2. The fourth-order valence-corrected chi connectivity index (χ4v) is 4.50. The van der Waals surface area contributed by atoms with Gasteiger partial charge in [-0.1, -0.05) is 30.3 Å². The van der Waals surface area contributed by atoms with E-state index in [4.69, 9.17) is 0 Å². The Morgan fingerprint density at radius 3 is 2.61 bits per heavy atom. The third kappa shape index (κ3) is 2.87. The lowest BCUT2D eigenvalue weighted by Crippen LogP contribution is -2.48. The lowest BCUT2D eigenvalue weighted by Gasteiger charge is -2.36. The Labute approximate surface area is 137 Å². The smallest absolute Gasteiger partial charge is 0.227 e. The highest BCUT2D eigenvalue weighted by molar-refractivity contribution is 5.84. The summed E-state index contributed by atoms with van der Waals surface area (Å²) in [6, 6.07) is 10.5. The topological polar surface area (TPSA) is 40.6 Å². The van der Waals surface area contributed by atoms with E-state index in [0.717, 1.165) is 24.4 Å². The van der Waals surface area contributed by atoms with E-state index in [0.29, 0.717) is 31.5 Å². The van der Waals surface area contributed by atoms with E-state index in [2.05, 4.69) is 4.90 Å². The van der Waals surface area contributed by atoms with Crippen molar-refractivity contribution in [1.82, 2.24) is 9.80 Å². The van der Waals surface area contributed by atoms with Crippen LogP contribution in [-0.4, -0.2) is 40.7 Å². The monoisotopic (exact) mass is 312 g/mol. The predicted molar refractivity (Wildman–Crippen MR) is 87.4 cm³/mol. The highest BCUT2D eigenvalue weighted by Crippen LogP contribution is 2.38. The van der Waals surface area contributed by atoms with Crippen molar-refractivity contribution in [2.45, 2.75) is 44.7 Å². The molecular weight excluding hydrogens is 288 g/mol. The second kappa shape index (κ2) is 5.99. The first-order valence-electron chi connectivity index (χ1n) is 8.83. The Morgan fingerprint density at radius 1 is 1.09 bits per heavy atom. The summed E-state index contributed by atoms with van der Waals surface area (Å²) in [7, 11) is 0. The van der Waals surface area contributed by atoms with Crippen LogP contribution in [0.1, 0.15) is 37.7 Å². The molecular formula is C19H24N2O2. The maximum absolute atomic E-state index is 12.9. The van der Waals surface area contributed by atoms with Crippen molar-refractivity contribution in [3.8, 4) is 0 Å². The highest BCUT2D eigenvalue weighted by atomic mass is 16.2. The van der Waals surface area contributed by atoms with Crippen LogP contribution in [0.4, 0.5) is 0 Å². The Bertz CT molecular complexity index is 601. The van der Waals surface area contributed by atoms with Gasteiger partial charge in [0, 0.05) is 32.1 Å². The molecule has 0 N–H and O–H groups in total. The van der Waals surface area contributed by atoms with E-state index in [1.165, 1.54) is 19.3 Å². The van der Waals surface area contributed by atoms with Crippen LogP contribution in [0.2, 0.25) is 0 Å². The Morgan fingerprint density at radius 2 is 1.91 bits per heavy atom. The molecule has 0 radical (unpaired) electrons. The zero-order valence-corrected chi connectivity index (χ0v) is 13.5. The molecule has 122 valence electrons. The minimum atomic E-state index is -0.00392. The summed E-state index contributed by atoms with van der Waals surface area (Å²) in [5.74, 6) is 1.20. The van der Waals surface area contributed by atoms with Crippen molar-refractivity contribution in [1.29, 1.82) is 0 Å². The molecule has 1 saturated carbocycles. The van der Waals surface area contributed by atoms with E-state index in [1.807, 2.05) is 35.2 Å². The normalized spacial score (nSPS) is 30.1. The Hall–Kier alpha value is -1.84. The average Bonchev–Trinajstić information content (AvgIpc) is 3.20. The van der Waals surface area contributed by atoms with Gasteiger partial charge in [0.05, 0.1) is 5.92 Å². The van der Waals surface area contributed by atoms with Gasteiger partial charge in [-0.3, -0.25) is 9.59 Å². The molecule has 0 aromatic heterocycles. The first kappa shape index (κ1) is 14.7. The number of carbonyl (C=O) groups is 2. The number of hydrogen-bond donors (Lipinski definition) is 0. The second-order valence-electron chi connectivity index (χ2n) is 7.32. The first-order valence-corrected chi connectivity index (χ1v) is 8.83. The van der Waals surface area contributed by atoms with Gasteiger partial charge >= 0.3 is 0 Å². The molecule has 1 aromatic carbocycles. The van der Waals surface area contributed by atoms with Crippen molar-refractivity contribution in [2.75, 3.05) is 13.1 Å². The van der Waals surface area contributed by atoms with Crippen LogP contribution in [0.25, 0.3) is 0 Å². The van der Waals surface area contributed by atoms with Gasteiger partial charge in [0.2, 0.25) is 11.8 Å². The van der Waals surface area contributed by atoms with Gasteiger partial charge in [-0.15, -0.1) is 0 Å². The largest absolute Gasteiger partial charge is 0.339 e. The summed E-state index contributed by atoms with van der Waals surface area (Å²) in [5.41, 5.74) is 1.13. The molecule has 0 spiro atoms. The fraction of sp³-hybridized carbons (Fsp3) is 0.579. The summed E-state index contributed by atoms with van der Waals surface area (Å²) in [4.78, 5) is 29.1. The SMILES string of the molecule is O=C1CC[C@H](C(=O)N2C[C@H]3CC[C@H]2C3)CN1Cc1ccccc1. The molecule has 3 fully saturated rings. The van der Waals surface area contributed by atoms with Crippen molar-refractivity contribution < 1.29 is 9.59 Å². The number of benzene rings is 1.